The standard InChI is InChI=1S/C19H20F3N3O2/c20-19(21,22)14-6-9-17(24-11-14)27-15-7-4-12(5-8-15)18(26)25-16-3-1-2-13(16)10-23/h4-9,11,13,16H,1-3,10,23H2,(H,25,26). The quantitative estimate of drug-likeness (QED) is 0.830. The van der Waals surface area contributed by atoms with E-state index in [2.05, 4.69) is 10.3 Å². The predicted molar refractivity (Wildman–Crippen MR) is 93.4 cm³/mol. The molecule has 1 amide bonds. The Hall–Kier alpha value is -2.61. The molecule has 3 N–H and O–H groups in total. The van der Waals surface area contributed by atoms with Crippen LogP contribution in [0.5, 0.6) is 11.6 Å². The van der Waals surface area contributed by atoms with Gasteiger partial charge in [-0.25, -0.2) is 4.98 Å². The maximum absolute atomic E-state index is 12.5. The fraction of sp³-hybridized carbons (Fsp3) is 0.368. The minimum Gasteiger partial charge on any atom is -0.439 e. The van der Waals surface area contributed by atoms with E-state index in [9.17, 15) is 18.0 Å². The van der Waals surface area contributed by atoms with Crippen LogP contribution in [0.2, 0.25) is 0 Å². The molecule has 2 unspecified atom stereocenters. The molecule has 8 heteroatoms. The minimum absolute atomic E-state index is 0.0388. The Kier molecular flexibility index (Phi) is 5.65. The molecule has 144 valence electrons. The van der Waals surface area contributed by atoms with Crippen LogP contribution in [0.1, 0.15) is 35.2 Å². The molecule has 1 heterocycles. The van der Waals surface area contributed by atoms with Gasteiger partial charge in [-0.3, -0.25) is 4.79 Å². The predicted octanol–water partition coefficient (Wildman–Crippen LogP) is 3.75. The lowest BCUT2D eigenvalue weighted by molar-refractivity contribution is -0.137. The fourth-order valence-corrected chi connectivity index (χ4v) is 3.16. The van der Waals surface area contributed by atoms with Crippen LogP contribution in [0.25, 0.3) is 0 Å². The van der Waals surface area contributed by atoms with Crippen molar-refractivity contribution in [1.29, 1.82) is 0 Å². The van der Waals surface area contributed by atoms with Crippen molar-refractivity contribution in [3.05, 3.63) is 53.7 Å². The smallest absolute Gasteiger partial charge is 0.417 e. The number of nitrogens with one attached hydrogen (secondary N) is 1. The molecule has 1 saturated carbocycles. The minimum atomic E-state index is -4.44. The summed E-state index contributed by atoms with van der Waals surface area (Å²) in [5, 5.41) is 3.01. The number of carbonyl (C=O) groups excluding carboxylic acids is 1. The largest absolute Gasteiger partial charge is 0.439 e. The molecule has 27 heavy (non-hydrogen) atoms. The molecule has 3 rings (SSSR count). The van der Waals surface area contributed by atoms with Gasteiger partial charge in [-0.05, 0) is 55.6 Å². The van der Waals surface area contributed by atoms with Crippen molar-refractivity contribution in [3.63, 3.8) is 0 Å². The Labute approximate surface area is 154 Å². The molecule has 0 saturated heterocycles. The van der Waals surface area contributed by atoms with E-state index >= 15 is 0 Å². The Morgan fingerprint density at radius 1 is 1.19 bits per heavy atom. The molecule has 0 aliphatic heterocycles. The summed E-state index contributed by atoms with van der Waals surface area (Å²) in [5.74, 6) is 0.540. The molecule has 1 aliphatic rings. The zero-order valence-electron chi connectivity index (χ0n) is 14.5. The number of ether oxygens (including phenoxy) is 1. The fourth-order valence-electron chi connectivity index (χ4n) is 3.16. The van der Waals surface area contributed by atoms with Crippen LogP contribution in [-0.4, -0.2) is 23.5 Å². The van der Waals surface area contributed by atoms with Crippen LogP contribution in [0.3, 0.4) is 0 Å². The van der Waals surface area contributed by atoms with E-state index in [1.54, 1.807) is 24.3 Å². The van der Waals surface area contributed by atoms with Crippen LogP contribution in [0.4, 0.5) is 13.2 Å². The molecule has 1 fully saturated rings. The Morgan fingerprint density at radius 3 is 2.52 bits per heavy atom. The van der Waals surface area contributed by atoms with Gasteiger partial charge < -0.3 is 15.8 Å². The normalized spacial score (nSPS) is 19.7. The van der Waals surface area contributed by atoms with E-state index in [-0.39, 0.29) is 17.8 Å². The summed E-state index contributed by atoms with van der Waals surface area (Å²) in [6.07, 6.45) is -0.724. The Morgan fingerprint density at radius 2 is 1.93 bits per heavy atom. The van der Waals surface area contributed by atoms with Gasteiger partial charge in [0, 0.05) is 23.9 Å². The van der Waals surface area contributed by atoms with Gasteiger partial charge in [0.05, 0.1) is 5.56 Å². The molecule has 0 bridgehead atoms. The van der Waals surface area contributed by atoms with Gasteiger partial charge in [0.15, 0.2) is 0 Å². The molecule has 0 radical (unpaired) electrons. The van der Waals surface area contributed by atoms with Crippen LogP contribution >= 0.6 is 0 Å². The van der Waals surface area contributed by atoms with E-state index in [1.807, 2.05) is 0 Å². The summed E-state index contributed by atoms with van der Waals surface area (Å²) < 4.78 is 43.0. The second kappa shape index (κ2) is 7.96. The SMILES string of the molecule is NCC1CCCC1NC(=O)c1ccc(Oc2ccc(C(F)(F)F)cn2)cc1. The first kappa shape index (κ1) is 19.2. The molecule has 2 atom stereocenters. The average molecular weight is 379 g/mol. The highest BCUT2D eigenvalue weighted by Gasteiger charge is 2.31. The first-order valence-electron chi connectivity index (χ1n) is 8.69. The van der Waals surface area contributed by atoms with E-state index in [0.717, 1.165) is 31.4 Å². The third-order valence-electron chi connectivity index (χ3n) is 4.68. The molecule has 5 nitrogen and oxygen atoms in total. The van der Waals surface area contributed by atoms with Crippen molar-refractivity contribution in [2.45, 2.75) is 31.5 Å². The lowest BCUT2D eigenvalue weighted by atomic mass is 10.0. The monoisotopic (exact) mass is 379 g/mol. The number of halogens is 3. The number of amides is 1. The lowest BCUT2D eigenvalue weighted by Crippen LogP contribution is -2.39. The van der Waals surface area contributed by atoms with Crippen molar-refractivity contribution >= 4 is 5.91 Å². The highest BCUT2D eigenvalue weighted by molar-refractivity contribution is 5.94. The Balaban J connectivity index is 1.60. The van der Waals surface area contributed by atoms with Gasteiger partial charge in [0.25, 0.3) is 5.91 Å². The summed E-state index contributed by atoms with van der Waals surface area (Å²) in [6.45, 7) is 0.553. The van der Waals surface area contributed by atoms with Gasteiger partial charge in [-0.2, -0.15) is 13.2 Å². The van der Waals surface area contributed by atoms with Gasteiger partial charge in [-0.15, -0.1) is 0 Å². The van der Waals surface area contributed by atoms with Crippen LogP contribution in [0, 0.1) is 5.92 Å². The second-order valence-corrected chi connectivity index (χ2v) is 6.52. The molecule has 1 aromatic carbocycles. The molecular weight excluding hydrogens is 359 g/mol. The molecular formula is C19H20F3N3O2. The summed E-state index contributed by atoms with van der Waals surface area (Å²) in [7, 11) is 0. The number of nitrogens with two attached hydrogens (primary N) is 1. The van der Waals surface area contributed by atoms with E-state index in [0.29, 0.717) is 30.0 Å². The number of pyridine rings is 1. The van der Waals surface area contributed by atoms with Crippen molar-refractivity contribution in [3.8, 4) is 11.6 Å². The summed E-state index contributed by atoms with van der Waals surface area (Å²) in [4.78, 5) is 16.0. The summed E-state index contributed by atoms with van der Waals surface area (Å²) in [5.41, 5.74) is 5.36. The van der Waals surface area contributed by atoms with Gasteiger partial charge in [0.2, 0.25) is 5.88 Å². The van der Waals surface area contributed by atoms with Gasteiger partial charge in [0.1, 0.15) is 5.75 Å². The van der Waals surface area contributed by atoms with E-state index in [4.69, 9.17) is 10.5 Å². The number of carbonyl (C=O) groups is 1. The number of alkyl halides is 3. The Bertz CT molecular complexity index is 776. The van der Waals surface area contributed by atoms with Crippen LogP contribution < -0.4 is 15.8 Å². The van der Waals surface area contributed by atoms with Crippen molar-refractivity contribution in [1.82, 2.24) is 10.3 Å². The molecule has 1 aliphatic carbocycles. The maximum Gasteiger partial charge on any atom is 0.417 e. The second-order valence-electron chi connectivity index (χ2n) is 6.52. The molecule has 2 aromatic rings. The zero-order chi connectivity index (χ0) is 19.4. The molecule has 1 aromatic heterocycles. The number of hydrogen-bond acceptors (Lipinski definition) is 4. The number of nitrogens with zero attached hydrogens (tertiary/aromatic N) is 1. The van der Waals surface area contributed by atoms with Crippen molar-refractivity contribution in [2.24, 2.45) is 11.7 Å². The topological polar surface area (TPSA) is 77.2 Å². The van der Waals surface area contributed by atoms with Crippen LogP contribution in [-0.2, 0) is 6.18 Å². The van der Waals surface area contributed by atoms with Crippen molar-refractivity contribution in [2.75, 3.05) is 6.54 Å². The third-order valence-corrected chi connectivity index (χ3v) is 4.68. The molecule has 0 spiro atoms. The third kappa shape index (κ3) is 4.77. The van der Waals surface area contributed by atoms with Crippen molar-refractivity contribution < 1.29 is 22.7 Å². The highest BCUT2D eigenvalue weighted by atomic mass is 19.4. The lowest BCUT2D eigenvalue weighted by Gasteiger charge is -2.19. The average Bonchev–Trinajstić information content (AvgIpc) is 3.09. The zero-order valence-corrected chi connectivity index (χ0v) is 14.5. The van der Waals surface area contributed by atoms with Crippen LogP contribution in [0.15, 0.2) is 42.6 Å². The number of benzene rings is 1. The van der Waals surface area contributed by atoms with E-state index in [1.165, 1.54) is 0 Å². The highest BCUT2D eigenvalue weighted by Crippen LogP contribution is 2.30. The maximum atomic E-state index is 12.5. The number of aromatic nitrogens is 1. The number of rotatable bonds is 5. The summed E-state index contributed by atoms with van der Waals surface area (Å²) >= 11 is 0. The first-order valence-corrected chi connectivity index (χ1v) is 8.69. The number of hydrogen-bond donors (Lipinski definition) is 2. The van der Waals surface area contributed by atoms with Gasteiger partial charge >= 0.3 is 6.18 Å². The summed E-state index contributed by atoms with van der Waals surface area (Å²) in [6, 6.07) is 8.49. The first-order chi connectivity index (χ1) is 12.9. The van der Waals surface area contributed by atoms with Gasteiger partial charge in [-0.1, -0.05) is 6.42 Å². The van der Waals surface area contributed by atoms with E-state index < -0.39 is 11.7 Å².